The molecule has 2 atom stereocenters. The molecule has 0 rings (SSSR count). The molecule has 0 aliphatic rings. The van der Waals surface area contributed by atoms with E-state index in [1.165, 1.54) is 238 Å². The Balaban J connectivity index is 3.48. The minimum atomic E-state index is -0.679. The smallest absolute Gasteiger partial charge is 0.305 e. The number of unbranched alkanes of at least 4 members (excludes halogenated alkanes) is 45. The maximum absolute atomic E-state index is 12.5. The molecule has 414 valence electrons. The van der Waals surface area contributed by atoms with Crippen LogP contribution >= 0.6 is 0 Å². The number of aliphatic hydroxyl groups is 2. The molecule has 0 bridgehead atoms. The molecule has 0 saturated heterocycles. The van der Waals surface area contributed by atoms with Crippen LogP contribution in [0.25, 0.3) is 0 Å². The first-order valence-corrected chi connectivity index (χ1v) is 31.6. The van der Waals surface area contributed by atoms with Gasteiger partial charge in [0.15, 0.2) is 0 Å². The lowest BCUT2D eigenvalue weighted by molar-refractivity contribution is -0.143. The summed E-state index contributed by atoms with van der Waals surface area (Å²) in [6.45, 7) is 4.93. The van der Waals surface area contributed by atoms with Crippen molar-refractivity contribution in [2.75, 3.05) is 13.2 Å². The number of hydrogen-bond acceptors (Lipinski definition) is 5. The largest absolute Gasteiger partial charge is 0.466 e. The molecule has 3 N–H and O–H groups in total. The molecule has 0 radical (unpaired) electrons. The highest BCUT2D eigenvalue weighted by Crippen LogP contribution is 2.18. The molecule has 0 aliphatic heterocycles. The predicted octanol–water partition coefficient (Wildman–Crippen LogP) is 19.8. The van der Waals surface area contributed by atoms with Crippen molar-refractivity contribution < 1.29 is 24.5 Å². The number of hydrogen-bond donors (Lipinski definition) is 3. The summed E-state index contributed by atoms with van der Waals surface area (Å²) in [6.07, 6.45) is 73.3. The number of allylic oxidation sites excluding steroid dienone is 4. The molecule has 6 nitrogen and oxygen atoms in total. The van der Waals surface area contributed by atoms with Crippen LogP contribution in [-0.4, -0.2) is 47.4 Å². The van der Waals surface area contributed by atoms with E-state index in [1.54, 1.807) is 0 Å². The highest BCUT2D eigenvalue weighted by atomic mass is 16.5. The number of carbonyl (C=O) groups is 2. The van der Waals surface area contributed by atoms with Crippen LogP contribution in [0.1, 0.15) is 348 Å². The predicted molar refractivity (Wildman–Crippen MR) is 306 cm³/mol. The zero-order valence-corrected chi connectivity index (χ0v) is 47.3. The Morgan fingerprint density at radius 3 is 1.06 bits per heavy atom. The van der Waals surface area contributed by atoms with Crippen LogP contribution in [0.3, 0.4) is 0 Å². The van der Waals surface area contributed by atoms with Crippen LogP contribution in [0, 0.1) is 0 Å². The first kappa shape index (κ1) is 68.3. The first-order chi connectivity index (χ1) is 34.5. The lowest BCUT2D eigenvalue weighted by Crippen LogP contribution is -2.45. The lowest BCUT2D eigenvalue weighted by atomic mass is 10.0. The maximum Gasteiger partial charge on any atom is 0.305 e. The van der Waals surface area contributed by atoms with Crippen LogP contribution in [0.15, 0.2) is 24.3 Å². The standard InChI is InChI=1S/C64H123NO5/c1-3-5-7-9-11-13-15-17-19-21-23-24-25-28-32-36-40-44-48-52-56-62(67)61(60-66)65-63(68)57-53-49-45-41-37-33-29-27-31-35-39-43-47-51-55-59-70-64(69)58-54-50-46-42-38-34-30-26-22-20-18-16-14-12-10-8-6-4-2/h27,31,35,39,61-62,66-67H,3-26,28-30,32-34,36-38,40-60H2,1-2H3,(H,65,68)/b31-27-,39-35-. The van der Waals surface area contributed by atoms with Gasteiger partial charge in [0.2, 0.25) is 5.91 Å². The minimum Gasteiger partial charge on any atom is -0.466 e. The third-order valence-corrected chi connectivity index (χ3v) is 14.8. The van der Waals surface area contributed by atoms with E-state index in [-0.39, 0.29) is 18.5 Å². The fourth-order valence-corrected chi connectivity index (χ4v) is 9.93. The molecule has 0 aromatic heterocycles. The molecule has 2 unspecified atom stereocenters. The maximum atomic E-state index is 12.5. The van der Waals surface area contributed by atoms with E-state index < -0.39 is 12.1 Å². The van der Waals surface area contributed by atoms with Crippen molar-refractivity contribution in [2.24, 2.45) is 0 Å². The van der Waals surface area contributed by atoms with Gasteiger partial charge in [0.1, 0.15) is 0 Å². The first-order valence-electron chi connectivity index (χ1n) is 31.6. The van der Waals surface area contributed by atoms with E-state index in [4.69, 9.17) is 4.74 Å². The Kier molecular flexibility index (Phi) is 58.5. The number of rotatable bonds is 59. The molecule has 0 spiro atoms. The highest BCUT2D eigenvalue weighted by Gasteiger charge is 2.20. The summed E-state index contributed by atoms with van der Waals surface area (Å²) < 4.78 is 5.47. The third kappa shape index (κ3) is 55.7. The lowest BCUT2D eigenvalue weighted by Gasteiger charge is -2.22. The second-order valence-electron chi connectivity index (χ2n) is 21.8. The monoisotopic (exact) mass is 986 g/mol. The van der Waals surface area contributed by atoms with Crippen molar-refractivity contribution in [1.29, 1.82) is 0 Å². The fraction of sp³-hybridized carbons (Fsp3) is 0.906. The summed E-state index contributed by atoms with van der Waals surface area (Å²) >= 11 is 0. The van der Waals surface area contributed by atoms with E-state index in [0.29, 0.717) is 25.9 Å². The van der Waals surface area contributed by atoms with E-state index in [9.17, 15) is 19.8 Å². The molecule has 0 aromatic rings. The van der Waals surface area contributed by atoms with Crippen LogP contribution in [-0.2, 0) is 14.3 Å². The summed E-state index contributed by atoms with van der Waals surface area (Å²) in [5.41, 5.74) is 0. The summed E-state index contributed by atoms with van der Waals surface area (Å²) in [6, 6.07) is -0.559. The van der Waals surface area contributed by atoms with Gasteiger partial charge in [0.25, 0.3) is 0 Å². The number of ether oxygens (including phenoxy) is 1. The van der Waals surface area contributed by atoms with E-state index in [0.717, 1.165) is 77.0 Å². The zero-order chi connectivity index (χ0) is 50.7. The number of nitrogens with one attached hydrogen (secondary N) is 1. The van der Waals surface area contributed by atoms with Crippen molar-refractivity contribution in [1.82, 2.24) is 5.32 Å². The van der Waals surface area contributed by atoms with Gasteiger partial charge in [-0.1, -0.05) is 301 Å². The van der Waals surface area contributed by atoms with Crippen LogP contribution < -0.4 is 5.32 Å². The molecule has 0 heterocycles. The quantitative estimate of drug-likeness (QED) is 0.0321. The Labute approximate surface area is 437 Å². The van der Waals surface area contributed by atoms with E-state index in [1.807, 2.05) is 0 Å². The van der Waals surface area contributed by atoms with Crippen LogP contribution in [0.2, 0.25) is 0 Å². The number of esters is 1. The highest BCUT2D eigenvalue weighted by molar-refractivity contribution is 5.76. The Hall–Kier alpha value is -1.66. The van der Waals surface area contributed by atoms with Gasteiger partial charge >= 0.3 is 5.97 Å². The fourth-order valence-electron chi connectivity index (χ4n) is 9.93. The molecular weight excluding hydrogens is 863 g/mol. The second kappa shape index (κ2) is 59.9. The summed E-state index contributed by atoms with van der Waals surface area (Å²) in [5.74, 6) is -0.0705. The number of carbonyl (C=O) groups excluding carboxylic acids is 2. The molecule has 6 heteroatoms. The molecule has 0 fully saturated rings. The summed E-state index contributed by atoms with van der Waals surface area (Å²) in [7, 11) is 0. The number of amides is 1. The molecule has 0 saturated carbocycles. The van der Waals surface area contributed by atoms with Gasteiger partial charge < -0.3 is 20.3 Å². The summed E-state index contributed by atoms with van der Waals surface area (Å²) in [4.78, 5) is 24.6. The Bertz CT molecular complexity index is 1090. The van der Waals surface area contributed by atoms with Gasteiger partial charge in [-0.15, -0.1) is 0 Å². The average molecular weight is 987 g/mol. The molecule has 0 aromatic carbocycles. The Morgan fingerprint density at radius 2 is 0.700 bits per heavy atom. The molecule has 0 aliphatic carbocycles. The van der Waals surface area contributed by atoms with Crippen LogP contribution in [0.5, 0.6) is 0 Å². The zero-order valence-electron chi connectivity index (χ0n) is 47.3. The number of aliphatic hydroxyl groups excluding tert-OH is 2. The van der Waals surface area contributed by atoms with Gasteiger partial charge in [-0.05, 0) is 57.8 Å². The van der Waals surface area contributed by atoms with E-state index in [2.05, 4.69) is 43.5 Å². The van der Waals surface area contributed by atoms with E-state index >= 15 is 0 Å². The second-order valence-corrected chi connectivity index (χ2v) is 21.8. The van der Waals surface area contributed by atoms with Gasteiger partial charge in [0.05, 0.1) is 25.4 Å². The average Bonchev–Trinajstić information content (AvgIpc) is 3.36. The normalized spacial score (nSPS) is 12.7. The van der Waals surface area contributed by atoms with Crippen LogP contribution in [0.4, 0.5) is 0 Å². The topological polar surface area (TPSA) is 95.9 Å². The van der Waals surface area contributed by atoms with Crippen molar-refractivity contribution in [3.63, 3.8) is 0 Å². The van der Waals surface area contributed by atoms with Gasteiger partial charge in [-0.3, -0.25) is 9.59 Å². The van der Waals surface area contributed by atoms with Crippen molar-refractivity contribution in [2.45, 2.75) is 360 Å². The van der Waals surface area contributed by atoms with Gasteiger partial charge in [0, 0.05) is 12.8 Å². The SMILES string of the molecule is CCCCCCCCCCCCCCCCCCCCCCC(O)C(CO)NC(=O)CCCCCCCC/C=C\C=C/CCCCCOC(=O)CCCCCCCCCCCCCCCCCCCC. The van der Waals surface area contributed by atoms with Gasteiger partial charge in [-0.25, -0.2) is 0 Å². The minimum absolute atomic E-state index is 0.0165. The molecule has 70 heavy (non-hydrogen) atoms. The van der Waals surface area contributed by atoms with Crippen molar-refractivity contribution in [3.8, 4) is 0 Å². The summed E-state index contributed by atoms with van der Waals surface area (Å²) in [5, 5.41) is 23.3. The molecule has 1 amide bonds. The van der Waals surface area contributed by atoms with Crippen molar-refractivity contribution in [3.05, 3.63) is 24.3 Å². The molecular formula is C64H123NO5. The van der Waals surface area contributed by atoms with Gasteiger partial charge in [-0.2, -0.15) is 0 Å². The Morgan fingerprint density at radius 1 is 0.400 bits per heavy atom. The van der Waals surface area contributed by atoms with Crippen molar-refractivity contribution >= 4 is 11.9 Å². The third-order valence-electron chi connectivity index (χ3n) is 14.8.